The number of allylic oxidation sites excluding steroid dienone is 4. The lowest BCUT2D eigenvalue weighted by Gasteiger charge is -2.19. The first-order valence-electron chi connectivity index (χ1n) is 7.93. The molecule has 0 aromatic rings. The van der Waals surface area contributed by atoms with E-state index in [-0.39, 0.29) is 0 Å². The third-order valence-electron chi connectivity index (χ3n) is 3.45. The molecular weight excluding hydrogens is 244 g/mol. The standard InChI is InChI=1S/C19H34O/c1-16(2)10-7-12-18(5)13-9-15-19(6,20)14-8-11-17(3)4/h9,12,15,17,20H,1,7-8,10-11,13-14H2,2-6H3/b15-9+,18-12+. The van der Waals surface area contributed by atoms with Gasteiger partial charge in [0, 0.05) is 0 Å². The summed E-state index contributed by atoms with van der Waals surface area (Å²) >= 11 is 0. The van der Waals surface area contributed by atoms with E-state index in [1.54, 1.807) is 0 Å². The Bertz CT molecular complexity index is 332. The van der Waals surface area contributed by atoms with Gasteiger partial charge in [-0.2, -0.15) is 0 Å². The summed E-state index contributed by atoms with van der Waals surface area (Å²) in [6.07, 6.45) is 12.5. The summed E-state index contributed by atoms with van der Waals surface area (Å²) in [5, 5.41) is 10.3. The van der Waals surface area contributed by atoms with Crippen LogP contribution >= 0.6 is 0 Å². The monoisotopic (exact) mass is 278 g/mol. The van der Waals surface area contributed by atoms with Gasteiger partial charge in [0.2, 0.25) is 0 Å². The molecule has 1 unspecified atom stereocenters. The van der Waals surface area contributed by atoms with E-state index in [9.17, 15) is 5.11 Å². The third kappa shape index (κ3) is 12.2. The first-order valence-corrected chi connectivity index (χ1v) is 7.93. The maximum Gasteiger partial charge on any atom is 0.0799 e. The molecule has 0 aliphatic rings. The van der Waals surface area contributed by atoms with Crippen molar-refractivity contribution < 1.29 is 5.11 Å². The van der Waals surface area contributed by atoms with Crippen LogP contribution in [0.3, 0.4) is 0 Å². The van der Waals surface area contributed by atoms with Crippen LogP contribution in [0.25, 0.3) is 0 Å². The van der Waals surface area contributed by atoms with Gasteiger partial charge in [0.1, 0.15) is 0 Å². The topological polar surface area (TPSA) is 20.2 Å². The highest BCUT2D eigenvalue weighted by Gasteiger charge is 2.15. The molecule has 0 aliphatic heterocycles. The molecule has 1 atom stereocenters. The summed E-state index contributed by atoms with van der Waals surface area (Å²) in [7, 11) is 0. The fourth-order valence-corrected chi connectivity index (χ4v) is 2.10. The minimum atomic E-state index is -0.660. The lowest BCUT2D eigenvalue weighted by Crippen LogP contribution is -2.20. The lowest BCUT2D eigenvalue weighted by atomic mass is 9.95. The van der Waals surface area contributed by atoms with Crippen molar-refractivity contribution in [3.8, 4) is 0 Å². The van der Waals surface area contributed by atoms with Crippen LogP contribution in [0.2, 0.25) is 0 Å². The average molecular weight is 278 g/mol. The smallest absolute Gasteiger partial charge is 0.0799 e. The van der Waals surface area contributed by atoms with Gasteiger partial charge < -0.3 is 5.11 Å². The van der Waals surface area contributed by atoms with E-state index < -0.39 is 5.60 Å². The van der Waals surface area contributed by atoms with Crippen molar-refractivity contribution in [2.75, 3.05) is 0 Å². The van der Waals surface area contributed by atoms with E-state index in [0.29, 0.717) is 5.92 Å². The predicted octanol–water partition coefficient (Wildman–Crippen LogP) is 5.81. The predicted molar refractivity (Wildman–Crippen MR) is 90.9 cm³/mol. The lowest BCUT2D eigenvalue weighted by molar-refractivity contribution is 0.0973. The Morgan fingerprint density at radius 3 is 2.50 bits per heavy atom. The highest BCUT2D eigenvalue weighted by molar-refractivity contribution is 5.08. The fraction of sp³-hybridized carbons (Fsp3) is 0.684. The molecule has 1 heteroatoms. The van der Waals surface area contributed by atoms with Gasteiger partial charge in [-0.1, -0.05) is 56.1 Å². The van der Waals surface area contributed by atoms with E-state index in [1.807, 2.05) is 13.0 Å². The van der Waals surface area contributed by atoms with Gasteiger partial charge in [-0.25, -0.2) is 0 Å². The molecule has 0 aromatic heterocycles. The largest absolute Gasteiger partial charge is 0.386 e. The quantitative estimate of drug-likeness (QED) is 0.500. The Morgan fingerprint density at radius 2 is 1.95 bits per heavy atom. The van der Waals surface area contributed by atoms with E-state index >= 15 is 0 Å². The summed E-state index contributed by atoms with van der Waals surface area (Å²) in [4.78, 5) is 0. The molecule has 0 spiro atoms. The summed E-state index contributed by atoms with van der Waals surface area (Å²) in [5.74, 6) is 0.716. The Labute approximate surface area is 126 Å². The zero-order chi connectivity index (χ0) is 15.6. The number of rotatable bonds is 10. The van der Waals surface area contributed by atoms with Gasteiger partial charge in [-0.05, 0) is 52.4 Å². The molecule has 0 fully saturated rings. The van der Waals surface area contributed by atoms with Gasteiger partial charge >= 0.3 is 0 Å². The van der Waals surface area contributed by atoms with Crippen LogP contribution in [0.15, 0.2) is 36.0 Å². The highest BCUT2D eigenvalue weighted by Crippen LogP contribution is 2.18. The van der Waals surface area contributed by atoms with E-state index in [2.05, 4.69) is 46.4 Å². The first kappa shape index (κ1) is 19.2. The van der Waals surface area contributed by atoms with Crippen molar-refractivity contribution in [1.29, 1.82) is 0 Å². The maximum absolute atomic E-state index is 10.3. The van der Waals surface area contributed by atoms with Crippen molar-refractivity contribution in [3.05, 3.63) is 36.0 Å². The Balaban J connectivity index is 4.04. The van der Waals surface area contributed by atoms with Gasteiger partial charge in [0.05, 0.1) is 5.60 Å². The van der Waals surface area contributed by atoms with Crippen LogP contribution in [0.5, 0.6) is 0 Å². The SMILES string of the molecule is C=C(C)CC/C=C(\C)C/C=C/C(C)(O)CCCC(C)C. The summed E-state index contributed by atoms with van der Waals surface area (Å²) < 4.78 is 0. The molecule has 0 saturated heterocycles. The fourth-order valence-electron chi connectivity index (χ4n) is 2.10. The third-order valence-corrected chi connectivity index (χ3v) is 3.45. The van der Waals surface area contributed by atoms with E-state index in [4.69, 9.17) is 0 Å². The minimum absolute atomic E-state index is 0.660. The van der Waals surface area contributed by atoms with Crippen LogP contribution < -0.4 is 0 Å². The van der Waals surface area contributed by atoms with Gasteiger partial charge in [0.25, 0.3) is 0 Å². The van der Waals surface area contributed by atoms with Gasteiger partial charge in [0.15, 0.2) is 0 Å². The molecule has 0 amide bonds. The van der Waals surface area contributed by atoms with Crippen LogP contribution in [-0.4, -0.2) is 10.7 Å². The van der Waals surface area contributed by atoms with Crippen molar-refractivity contribution in [1.82, 2.24) is 0 Å². The second kappa shape index (κ2) is 9.99. The molecule has 0 aliphatic carbocycles. The number of hydrogen-bond acceptors (Lipinski definition) is 1. The van der Waals surface area contributed by atoms with Crippen LogP contribution in [0.4, 0.5) is 0 Å². The Morgan fingerprint density at radius 1 is 1.30 bits per heavy atom. The van der Waals surface area contributed by atoms with Crippen LogP contribution in [0.1, 0.15) is 73.1 Å². The Hall–Kier alpha value is -0.820. The molecule has 116 valence electrons. The van der Waals surface area contributed by atoms with E-state index in [1.165, 1.54) is 17.6 Å². The highest BCUT2D eigenvalue weighted by atomic mass is 16.3. The van der Waals surface area contributed by atoms with Crippen LogP contribution in [-0.2, 0) is 0 Å². The second-order valence-electron chi connectivity index (χ2n) is 6.80. The number of hydrogen-bond donors (Lipinski definition) is 1. The summed E-state index contributed by atoms with van der Waals surface area (Å²) in [5.41, 5.74) is 1.94. The normalized spacial score (nSPS) is 15.8. The van der Waals surface area contributed by atoms with Gasteiger partial charge in [-0.3, -0.25) is 0 Å². The van der Waals surface area contributed by atoms with Crippen molar-refractivity contribution in [2.45, 2.75) is 78.7 Å². The molecular formula is C19H34O. The minimum Gasteiger partial charge on any atom is -0.386 e. The second-order valence-corrected chi connectivity index (χ2v) is 6.80. The molecule has 20 heavy (non-hydrogen) atoms. The molecule has 0 radical (unpaired) electrons. The molecule has 0 saturated carbocycles. The molecule has 1 N–H and O–H groups in total. The molecule has 0 rings (SSSR count). The number of aliphatic hydroxyl groups is 1. The van der Waals surface area contributed by atoms with Crippen molar-refractivity contribution >= 4 is 0 Å². The Kier molecular flexibility index (Phi) is 9.58. The zero-order valence-corrected chi connectivity index (χ0v) is 14.2. The van der Waals surface area contributed by atoms with E-state index in [0.717, 1.165) is 32.1 Å². The molecule has 0 aromatic carbocycles. The van der Waals surface area contributed by atoms with Crippen LogP contribution in [0, 0.1) is 5.92 Å². The van der Waals surface area contributed by atoms with Crippen molar-refractivity contribution in [3.63, 3.8) is 0 Å². The molecule has 1 nitrogen and oxygen atoms in total. The first-order chi connectivity index (χ1) is 9.23. The molecule has 0 bridgehead atoms. The zero-order valence-electron chi connectivity index (χ0n) is 14.2. The van der Waals surface area contributed by atoms with Gasteiger partial charge in [-0.15, -0.1) is 6.58 Å². The average Bonchev–Trinajstić information content (AvgIpc) is 2.27. The summed E-state index contributed by atoms with van der Waals surface area (Å²) in [6, 6.07) is 0. The van der Waals surface area contributed by atoms with Crippen molar-refractivity contribution in [2.24, 2.45) is 5.92 Å². The summed E-state index contributed by atoms with van der Waals surface area (Å²) in [6.45, 7) is 14.5. The maximum atomic E-state index is 10.3. The molecule has 0 heterocycles.